The average molecular weight is 549 g/mol. The molecular formula is C21H34ClIN6O. The van der Waals surface area contributed by atoms with Crippen LogP contribution in [0, 0.1) is 0 Å². The highest BCUT2D eigenvalue weighted by Crippen LogP contribution is 2.24. The van der Waals surface area contributed by atoms with Crippen LogP contribution in [0.3, 0.4) is 0 Å². The molecule has 0 saturated carbocycles. The molecule has 2 atom stereocenters. The van der Waals surface area contributed by atoms with Gasteiger partial charge in [-0.2, -0.15) is 5.10 Å². The molecule has 2 unspecified atom stereocenters. The molecule has 0 saturated heterocycles. The Labute approximate surface area is 202 Å². The lowest BCUT2D eigenvalue weighted by Crippen LogP contribution is -2.43. The molecule has 168 valence electrons. The number of aromatic nitrogens is 2. The van der Waals surface area contributed by atoms with Gasteiger partial charge in [-0.3, -0.25) is 9.67 Å². The lowest BCUT2D eigenvalue weighted by atomic mass is 10.1. The van der Waals surface area contributed by atoms with Crippen molar-refractivity contribution >= 4 is 41.5 Å². The first-order valence-electron chi connectivity index (χ1n) is 10.0. The van der Waals surface area contributed by atoms with Gasteiger partial charge < -0.3 is 20.3 Å². The molecule has 0 amide bonds. The van der Waals surface area contributed by atoms with Gasteiger partial charge in [0.05, 0.1) is 30.4 Å². The van der Waals surface area contributed by atoms with E-state index in [0.29, 0.717) is 23.9 Å². The third-order valence-electron chi connectivity index (χ3n) is 4.58. The van der Waals surface area contributed by atoms with Crippen LogP contribution in [0.1, 0.15) is 31.9 Å². The van der Waals surface area contributed by atoms with E-state index >= 15 is 0 Å². The Bertz CT molecular complexity index is 782. The molecule has 0 bridgehead atoms. The highest BCUT2D eigenvalue weighted by molar-refractivity contribution is 14.0. The highest BCUT2D eigenvalue weighted by atomic mass is 127. The summed E-state index contributed by atoms with van der Waals surface area (Å²) in [7, 11) is 6.03. The zero-order chi connectivity index (χ0) is 21.2. The van der Waals surface area contributed by atoms with Crippen LogP contribution in [0.4, 0.5) is 0 Å². The summed E-state index contributed by atoms with van der Waals surface area (Å²) in [5, 5.41) is 11.6. The summed E-state index contributed by atoms with van der Waals surface area (Å²) in [6.07, 6.45) is 4.77. The quantitative estimate of drug-likeness (QED) is 0.269. The van der Waals surface area contributed by atoms with E-state index in [1.54, 1.807) is 0 Å². The molecule has 7 nitrogen and oxygen atoms in total. The molecule has 0 aliphatic heterocycles. The monoisotopic (exact) mass is 548 g/mol. The summed E-state index contributed by atoms with van der Waals surface area (Å²) in [5.41, 5.74) is 1.14. The van der Waals surface area contributed by atoms with Crippen LogP contribution in [0.25, 0.3) is 0 Å². The Kier molecular flexibility index (Phi) is 12.1. The number of nitrogens with one attached hydrogen (secondary N) is 2. The summed E-state index contributed by atoms with van der Waals surface area (Å²) in [6, 6.07) is 7.70. The molecule has 0 radical (unpaired) electrons. The third-order valence-corrected chi connectivity index (χ3v) is 4.89. The number of para-hydroxylation sites is 1. The van der Waals surface area contributed by atoms with Gasteiger partial charge in [0.1, 0.15) is 11.9 Å². The number of guanidine groups is 1. The van der Waals surface area contributed by atoms with Crippen LogP contribution in [-0.2, 0) is 7.05 Å². The second-order valence-electron chi connectivity index (χ2n) is 7.11. The number of benzene rings is 1. The van der Waals surface area contributed by atoms with E-state index in [9.17, 15) is 0 Å². The van der Waals surface area contributed by atoms with Crippen molar-refractivity contribution in [2.45, 2.75) is 32.4 Å². The van der Waals surface area contributed by atoms with Gasteiger partial charge in [-0.05, 0) is 39.6 Å². The highest BCUT2D eigenvalue weighted by Gasteiger charge is 2.16. The molecule has 0 fully saturated rings. The number of nitrogens with zero attached hydrogens (tertiary/aromatic N) is 4. The van der Waals surface area contributed by atoms with E-state index in [1.165, 1.54) is 0 Å². The molecule has 1 aromatic heterocycles. The lowest BCUT2D eigenvalue weighted by Gasteiger charge is -2.23. The number of hydrogen-bond acceptors (Lipinski definition) is 4. The van der Waals surface area contributed by atoms with E-state index < -0.39 is 0 Å². The van der Waals surface area contributed by atoms with Gasteiger partial charge in [-0.25, -0.2) is 0 Å². The number of rotatable bonds is 10. The van der Waals surface area contributed by atoms with E-state index in [1.807, 2.05) is 48.4 Å². The Hall–Kier alpha value is -1.52. The first-order valence-corrected chi connectivity index (χ1v) is 10.4. The van der Waals surface area contributed by atoms with Crippen LogP contribution < -0.4 is 15.4 Å². The normalized spacial score (nSPS) is 13.5. The third kappa shape index (κ3) is 8.31. The van der Waals surface area contributed by atoms with Gasteiger partial charge in [0.15, 0.2) is 5.96 Å². The second-order valence-corrected chi connectivity index (χ2v) is 7.51. The van der Waals surface area contributed by atoms with E-state index in [4.69, 9.17) is 21.3 Å². The number of hydrogen-bond donors (Lipinski definition) is 2. The molecule has 2 aromatic rings. The predicted octanol–water partition coefficient (Wildman–Crippen LogP) is 3.71. The first-order chi connectivity index (χ1) is 13.9. The van der Waals surface area contributed by atoms with Crippen molar-refractivity contribution in [3.63, 3.8) is 0 Å². The fraction of sp³-hybridized carbons (Fsp3) is 0.524. The zero-order valence-electron chi connectivity index (χ0n) is 18.4. The Morgan fingerprint density at radius 1 is 1.27 bits per heavy atom. The molecule has 1 aromatic carbocycles. The summed E-state index contributed by atoms with van der Waals surface area (Å²) in [6.45, 7) is 6.19. The van der Waals surface area contributed by atoms with Gasteiger partial charge in [0.2, 0.25) is 0 Å². The minimum Gasteiger partial charge on any atom is -0.487 e. The van der Waals surface area contributed by atoms with Crippen molar-refractivity contribution in [3.05, 3.63) is 47.2 Å². The summed E-state index contributed by atoms with van der Waals surface area (Å²) in [5.74, 6) is 1.47. The predicted molar refractivity (Wildman–Crippen MR) is 135 cm³/mol. The Balaban J connectivity index is 0.00000450. The Morgan fingerprint density at radius 2 is 2.00 bits per heavy atom. The Morgan fingerprint density at radius 3 is 2.57 bits per heavy atom. The van der Waals surface area contributed by atoms with Crippen molar-refractivity contribution in [3.8, 4) is 5.75 Å². The molecule has 0 aliphatic carbocycles. The van der Waals surface area contributed by atoms with Gasteiger partial charge in [-0.15, -0.1) is 24.0 Å². The zero-order valence-corrected chi connectivity index (χ0v) is 21.5. The molecule has 30 heavy (non-hydrogen) atoms. The number of aryl methyl sites for hydroxylation is 1. The molecule has 9 heteroatoms. The maximum absolute atomic E-state index is 6.22. The van der Waals surface area contributed by atoms with Gasteiger partial charge in [0, 0.05) is 25.4 Å². The van der Waals surface area contributed by atoms with Crippen molar-refractivity contribution in [1.29, 1.82) is 0 Å². The summed E-state index contributed by atoms with van der Waals surface area (Å²) in [4.78, 5) is 6.94. The molecule has 1 heterocycles. The van der Waals surface area contributed by atoms with E-state index in [-0.39, 0.29) is 36.1 Å². The van der Waals surface area contributed by atoms with E-state index in [2.05, 4.69) is 48.6 Å². The van der Waals surface area contributed by atoms with Gasteiger partial charge in [0.25, 0.3) is 0 Å². The van der Waals surface area contributed by atoms with Crippen LogP contribution in [0.5, 0.6) is 5.75 Å². The minimum absolute atomic E-state index is 0. The largest absolute Gasteiger partial charge is 0.487 e. The van der Waals surface area contributed by atoms with Crippen molar-refractivity contribution in [2.24, 2.45) is 12.0 Å². The number of halogens is 2. The maximum atomic E-state index is 6.22. The van der Waals surface area contributed by atoms with Crippen molar-refractivity contribution < 1.29 is 4.74 Å². The molecule has 0 spiro atoms. The fourth-order valence-electron chi connectivity index (χ4n) is 2.90. The number of likely N-dealkylation sites (N-methyl/N-ethyl adjacent to an activating group) is 1. The summed E-state index contributed by atoms with van der Waals surface area (Å²) < 4.78 is 7.88. The lowest BCUT2D eigenvalue weighted by molar-refractivity contribution is 0.199. The van der Waals surface area contributed by atoms with Crippen molar-refractivity contribution in [1.82, 2.24) is 25.3 Å². The maximum Gasteiger partial charge on any atom is 0.191 e. The SMILES string of the molecule is CCNC(=NCC(c1cnn(C)c1)N(C)C)NCC(CC)Oc1ccccc1Cl.I. The number of aliphatic imine (C=N–C) groups is 1. The summed E-state index contributed by atoms with van der Waals surface area (Å²) >= 11 is 6.22. The molecule has 0 aliphatic rings. The molecule has 2 N–H and O–H groups in total. The standard InChI is InChI=1S/C21H33ClN6O.HI/c1-6-17(29-20-11-9-8-10-18(20)22)13-24-21(23-7-2)25-14-19(27(3)4)16-12-26-28(5)15-16;/h8-12,15,17,19H,6-7,13-14H2,1-5H3,(H2,23,24,25);1H. The molecule has 2 rings (SSSR count). The van der Waals surface area contributed by atoms with Crippen LogP contribution in [0.2, 0.25) is 5.02 Å². The van der Waals surface area contributed by atoms with Crippen LogP contribution in [-0.4, -0.2) is 60.5 Å². The van der Waals surface area contributed by atoms with Crippen LogP contribution in [0.15, 0.2) is 41.7 Å². The van der Waals surface area contributed by atoms with Crippen LogP contribution >= 0.6 is 35.6 Å². The van der Waals surface area contributed by atoms with E-state index in [0.717, 1.165) is 24.5 Å². The smallest absolute Gasteiger partial charge is 0.191 e. The van der Waals surface area contributed by atoms with Gasteiger partial charge in [-0.1, -0.05) is 30.7 Å². The van der Waals surface area contributed by atoms with Crippen molar-refractivity contribution in [2.75, 3.05) is 33.7 Å². The second kappa shape index (κ2) is 13.7. The molecular weight excluding hydrogens is 515 g/mol. The number of ether oxygens (including phenoxy) is 1. The topological polar surface area (TPSA) is 66.7 Å². The van der Waals surface area contributed by atoms with Gasteiger partial charge >= 0.3 is 0 Å². The minimum atomic E-state index is -0.0123. The average Bonchev–Trinajstić information content (AvgIpc) is 3.12. The fourth-order valence-corrected chi connectivity index (χ4v) is 3.08. The first kappa shape index (κ1) is 26.5.